The molecule has 0 unspecified atom stereocenters. The van der Waals surface area contributed by atoms with Crippen LogP contribution in [0.2, 0.25) is 0 Å². The molecule has 1 saturated heterocycles. The maximum Gasteiger partial charge on any atom is 0.433 e. The topological polar surface area (TPSA) is 115 Å². The van der Waals surface area contributed by atoms with E-state index in [0.717, 1.165) is 16.6 Å². The highest BCUT2D eigenvalue weighted by Crippen LogP contribution is 2.31. The first-order chi connectivity index (χ1) is 19.4. The zero-order valence-corrected chi connectivity index (χ0v) is 23.0. The highest BCUT2D eigenvalue weighted by atomic mass is 32.2. The summed E-state index contributed by atoms with van der Waals surface area (Å²) < 4.78 is 73.7. The van der Waals surface area contributed by atoms with Gasteiger partial charge < -0.3 is 14.3 Å². The Morgan fingerprint density at radius 1 is 1.15 bits per heavy atom. The molecule has 5 rings (SSSR count). The quantitative estimate of drug-likeness (QED) is 0.334. The molecule has 216 valence electrons. The van der Waals surface area contributed by atoms with Gasteiger partial charge in [-0.2, -0.15) is 17.5 Å². The van der Waals surface area contributed by atoms with Crippen LogP contribution in [0, 0.1) is 0 Å². The molecule has 0 aliphatic carbocycles. The lowest BCUT2D eigenvalue weighted by atomic mass is 10.1. The predicted molar refractivity (Wildman–Crippen MR) is 144 cm³/mol. The molecule has 1 aliphatic heterocycles. The lowest BCUT2D eigenvalue weighted by Crippen LogP contribution is -2.46. The molecule has 41 heavy (non-hydrogen) atoms. The van der Waals surface area contributed by atoms with E-state index >= 15 is 0 Å². The van der Waals surface area contributed by atoms with Crippen LogP contribution in [0.4, 0.5) is 13.2 Å². The third kappa shape index (κ3) is 5.64. The monoisotopic (exact) mass is 588 g/mol. The van der Waals surface area contributed by atoms with Crippen molar-refractivity contribution in [3.63, 3.8) is 0 Å². The number of carbonyl (C=O) groups excluding carboxylic acids is 1. The molecule has 1 N–H and O–H groups in total. The summed E-state index contributed by atoms with van der Waals surface area (Å²) >= 11 is 0. The summed E-state index contributed by atoms with van der Waals surface area (Å²) in [5, 5.41) is 3.05. The van der Waals surface area contributed by atoms with E-state index in [0.29, 0.717) is 34.9 Å². The fourth-order valence-corrected chi connectivity index (χ4v) is 6.46. The number of rotatable bonds is 7. The number of sulfonamides is 1. The van der Waals surface area contributed by atoms with Gasteiger partial charge in [0.05, 0.1) is 0 Å². The second-order valence-electron chi connectivity index (χ2n) is 10.1. The largest absolute Gasteiger partial charge is 0.443 e. The molecule has 0 spiro atoms. The first kappa shape index (κ1) is 28.6. The lowest BCUT2D eigenvalue weighted by molar-refractivity contribution is -0.141. The van der Waals surface area contributed by atoms with Gasteiger partial charge in [-0.3, -0.25) is 14.6 Å². The number of amides is 1. The van der Waals surface area contributed by atoms with E-state index in [1.54, 1.807) is 38.1 Å². The highest BCUT2D eigenvalue weighted by molar-refractivity contribution is 7.89. The first-order valence-corrected chi connectivity index (χ1v) is 14.4. The molecule has 13 heteroatoms. The number of alkyl halides is 3. The van der Waals surface area contributed by atoms with Crippen molar-refractivity contribution in [1.82, 2.24) is 19.2 Å². The smallest absolute Gasteiger partial charge is 0.433 e. The van der Waals surface area contributed by atoms with Crippen molar-refractivity contribution in [2.75, 3.05) is 6.54 Å². The second kappa shape index (κ2) is 10.8. The van der Waals surface area contributed by atoms with Crippen LogP contribution in [0.1, 0.15) is 44.0 Å². The maximum atomic E-state index is 13.4. The van der Waals surface area contributed by atoms with Gasteiger partial charge in [0.2, 0.25) is 11.0 Å². The fourth-order valence-electron chi connectivity index (χ4n) is 4.85. The highest BCUT2D eigenvalue weighted by Gasteiger charge is 2.41. The number of para-hydroxylation sites is 1. The van der Waals surface area contributed by atoms with Gasteiger partial charge >= 0.3 is 6.18 Å². The third-order valence-corrected chi connectivity index (χ3v) is 8.75. The first-order valence-electron chi connectivity index (χ1n) is 12.9. The van der Waals surface area contributed by atoms with Crippen LogP contribution < -0.4 is 10.9 Å². The van der Waals surface area contributed by atoms with Crippen molar-refractivity contribution in [1.29, 1.82) is 0 Å². The minimum atomic E-state index is -4.59. The van der Waals surface area contributed by atoms with Crippen molar-refractivity contribution in [3.8, 4) is 11.1 Å². The van der Waals surface area contributed by atoms with Crippen molar-refractivity contribution in [2.45, 2.75) is 56.6 Å². The number of hydrogen-bond donors (Lipinski definition) is 1. The van der Waals surface area contributed by atoms with E-state index in [-0.39, 0.29) is 35.3 Å². The summed E-state index contributed by atoms with van der Waals surface area (Å²) in [5.41, 5.74) is -0.0192. The lowest BCUT2D eigenvalue weighted by Gasteiger charge is -2.22. The number of nitrogens with one attached hydrogen (secondary N) is 1. The number of furan rings is 1. The van der Waals surface area contributed by atoms with E-state index in [4.69, 9.17) is 4.42 Å². The molecule has 0 radical (unpaired) electrons. The van der Waals surface area contributed by atoms with Gasteiger partial charge in [-0.25, -0.2) is 8.42 Å². The number of fused-ring (bicyclic) bond motifs is 1. The normalized spacial score (nSPS) is 16.5. The number of aromatic nitrogens is 2. The third-order valence-electron chi connectivity index (χ3n) is 6.99. The standard InChI is InChI=1S/C28H27F3N4O5S/c1-17(2)34-16-21(19-9-10-24(32-14-19)28(29,30)31)12-20(27(34)37)15-33-26(36)22-7-5-11-35(22)41(38,39)25-13-18-6-3-4-8-23(18)40-25/h3-4,6,8-10,12-14,16-17,22H,5,7,11,15H2,1-2H3,(H,33,36)/t22-/m0/s1. The van der Waals surface area contributed by atoms with Gasteiger partial charge in [0.15, 0.2) is 0 Å². The summed E-state index contributed by atoms with van der Waals surface area (Å²) in [4.78, 5) is 29.9. The molecule has 1 fully saturated rings. The number of halogens is 3. The zero-order chi connectivity index (χ0) is 29.5. The molecule has 0 bridgehead atoms. The van der Waals surface area contributed by atoms with Crippen LogP contribution in [-0.4, -0.2) is 40.8 Å². The molecule has 1 amide bonds. The van der Waals surface area contributed by atoms with Gasteiger partial charge in [0, 0.05) is 59.7 Å². The minimum Gasteiger partial charge on any atom is -0.443 e. The van der Waals surface area contributed by atoms with E-state index in [2.05, 4.69) is 10.3 Å². The number of carbonyl (C=O) groups is 1. The average Bonchev–Trinajstić information content (AvgIpc) is 3.60. The summed E-state index contributed by atoms with van der Waals surface area (Å²) in [6.45, 7) is 3.48. The molecule has 3 aromatic heterocycles. The van der Waals surface area contributed by atoms with Crippen molar-refractivity contribution < 1.29 is 30.8 Å². The second-order valence-corrected chi connectivity index (χ2v) is 11.9. The Kier molecular flexibility index (Phi) is 7.51. The number of nitrogens with zero attached hydrogens (tertiary/aromatic N) is 3. The minimum absolute atomic E-state index is 0.133. The van der Waals surface area contributed by atoms with Crippen LogP contribution in [0.3, 0.4) is 0 Å². The molecule has 1 atom stereocenters. The van der Waals surface area contributed by atoms with E-state index in [1.807, 2.05) is 0 Å². The van der Waals surface area contributed by atoms with Crippen LogP contribution in [0.5, 0.6) is 0 Å². The van der Waals surface area contributed by atoms with E-state index in [1.165, 1.54) is 29.0 Å². The fraction of sp³-hybridized carbons (Fsp3) is 0.321. The van der Waals surface area contributed by atoms with Crippen LogP contribution in [0.15, 0.2) is 75.2 Å². The Morgan fingerprint density at radius 3 is 2.56 bits per heavy atom. The molecular formula is C28H27F3N4O5S. The number of hydrogen-bond acceptors (Lipinski definition) is 6. The van der Waals surface area contributed by atoms with E-state index in [9.17, 15) is 31.2 Å². The van der Waals surface area contributed by atoms with Crippen molar-refractivity contribution >= 4 is 26.9 Å². The Morgan fingerprint density at radius 2 is 1.90 bits per heavy atom. The van der Waals surface area contributed by atoms with Crippen LogP contribution >= 0.6 is 0 Å². The molecular weight excluding hydrogens is 561 g/mol. The van der Waals surface area contributed by atoms with E-state index < -0.39 is 33.8 Å². The Labute approximate surface area is 233 Å². The Balaban J connectivity index is 1.38. The van der Waals surface area contributed by atoms with Crippen molar-refractivity contribution in [2.24, 2.45) is 0 Å². The van der Waals surface area contributed by atoms with Crippen LogP contribution in [-0.2, 0) is 27.5 Å². The average molecular weight is 589 g/mol. The zero-order valence-electron chi connectivity index (χ0n) is 22.2. The Bertz CT molecular complexity index is 1730. The van der Waals surface area contributed by atoms with Gasteiger partial charge in [-0.1, -0.05) is 24.3 Å². The summed E-state index contributed by atoms with van der Waals surface area (Å²) in [6, 6.07) is 10.6. The van der Waals surface area contributed by atoms with Gasteiger partial charge in [0.25, 0.3) is 15.6 Å². The Hall–Kier alpha value is -3.97. The summed E-state index contributed by atoms with van der Waals surface area (Å²) in [6.07, 6.45) is -1.22. The molecule has 4 heterocycles. The maximum absolute atomic E-state index is 13.4. The molecule has 1 aliphatic rings. The SMILES string of the molecule is CC(C)n1cc(-c2ccc(C(F)(F)F)nc2)cc(CNC(=O)[C@@H]2CCCN2S(=O)(=O)c2cc3ccccc3o2)c1=O. The van der Waals surface area contributed by atoms with Crippen molar-refractivity contribution in [3.05, 3.63) is 82.5 Å². The van der Waals surface area contributed by atoms with Gasteiger partial charge in [-0.15, -0.1) is 0 Å². The summed E-state index contributed by atoms with van der Waals surface area (Å²) in [7, 11) is -4.11. The van der Waals surface area contributed by atoms with Crippen LogP contribution in [0.25, 0.3) is 22.1 Å². The molecule has 1 aromatic carbocycles. The molecule has 4 aromatic rings. The summed E-state index contributed by atoms with van der Waals surface area (Å²) in [5.74, 6) is -0.570. The van der Waals surface area contributed by atoms with Gasteiger partial charge in [0.1, 0.15) is 17.3 Å². The molecule has 0 saturated carbocycles. The number of benzene rings is 1. The van der Waals surface area contributed by atoms with Gasteiger partial charge in [-0.05, 0) is 44.9 Å². The molecule has 9 nitrogen and oxygen atoms in total. The predicted octanol–water partition coefficient (Wildman–Crippen LogP) is 4.73. The number of pyridine rings is 2.